The predicted molar refractivity (Wildman–Crippen MR) is 47.7 cm³/mol. The first kappa shape index (κ1) is 10.6. The largest absolute Gasteiger partial charge is 0.384 e. The van der Waals surface area contributed by atoms with E-state index in [-0.39, 0.29) is 5.56 Å². The van der Waals surface area contributed by atoms with Crippen LogP contribution in [0.3, 0.4) is 0 Å². The number of aryl methyl sites for hydroxylation is 1. The lowest BCUT2D eigenvalue weighted by Crippen LogP contribution is -2.17. The lowest BCUT2D eigenvalue weighted by molar-refractivity contribution is 0.0503. The van der Waals surface area contributed by atoms with E-state index in [9.17, 15) is 9.50 Å². The smallest absolute Gasteiger partial charge is 0.170 e. The highest BCUT2D eigenvalue weighted by atomic mass is 19.1. The van der Waals surface area contributed by atoms with Gasteiger partial charge in [-0.15, -0.1) is 0 Å². The average molecular weight is 195 g/mol. The second kappa shape index (κ2) is 4.18. The van der Waals surface area contributed by atoms with Gasteiger partial charge in [0.2, 0.25) is 0 Å². The predicted octanol–water partition coefficient (Wildman–Crippen LogP) is 1.05. The van der Waals surface area contributed by atoms with Gasteiger partial charge in [-0.1, -0.05) is 17.7 Å². The molecule has 0 amide bonds. The number of hydrogen-bond acceptors (Lipinski definition) is 3. The maximum Gasteiger partial charge on any atom is 0.170 e. The Labute approximate surface area is 81.0 Å². The summed E-state index contributed by atoms with van der Waals surface area (Å²) in [7, 11) is 0. The molecule has 0 bridgehead atoms. The van der Waals surface area contributed by atoms with E-state index in [2.05, 4.69) is 0 Å². The fourth-order valence-electron chi connectivity index (χ4n) is 1.13. The summed E-state index contributed by atoms with van der Waals surface area (Å²) in [5.74, 6) is -0.627. The van der Waals surface area contributed by atoms with Crippen LogP contribution in [0.5, 0.6) is 0 Å². The first-order valence-electron chi connectivity index (χ1n) is 4.08. The number of aliphatic hydroxyl groups excluding tert-OH is 2. The van der Waals surface area contributed by atoms with E-state index in [0.29, 0.717) is 0 Å². The van der Waals surface area contributed by atoms with Crippen molar-refractivity contribution in [2.75, 3.05) is 0 Å². The van der Waals surface area contributed by atoms with Crippen LogP contribution in [-0.4, -0.2) is 16.3 Å². The molecule has 74 valence electrons. The van der Waals surface area contributed by atoms with Crippen molar-refractivity contribution in [3.8, 4) is 6.07 Å². The molecule has 4 heteroatoms. The standard InChI is InChI=1S/C10H10FNO2/c1-6-2-3-8(11)7(4-6)10(14)9(13)5-12/h2-4,9-10,13-14H,1H3. The Bertz CT molecular complexity index is 373. The average Bonchev–Trinajstić information content (AvgIpc) is 2.19. The van der Waals surface area contributed by atoms with Crippen molar-refractivity contribution in [2.45, 2.75) is 19.1 Å². The zero-order valence-corrected chi connectivity index (χ0v) is 7.61. The Morgan fingerprint density at radius 1 is 1.43 bits per heavy atom. The summed E-state index contributed by atoms with van der Waals surface area (Å²) in [5.41, 5.74) is 0.699. The molecule has 0 radical (unpaired) electrons. The van der Waals surface area contributed by atoms with Crippen molar-refractivity contribution in [3.05, 3.63) is 35.1 Å². The first-order valence-corrected chi connectivity index (χ1v) is 4.08. The molecule has 0 saturated heterocycles. The van der Waals surface area contributed by atoms with Crippen LogP contribution >= 0.6 is 0 Å². The van der Waals surface area contributed by atoms with E-state index in [0.717, 1.165) is 5.56 Å². The van der Waals surface area contributed by atoms with Gasteiger partial charge in [-0.25, -0.2) is 4.39 Å². The summed E-state index contributed by atoms with van der Waals surface area (Å²) in [6.07, 6.45) is -3.11. The third-order valence-corrected chi connectivity index (χ3v) is 1.90. The summed E-state index contributed by atoms with van der Waals surface area (Å²) in [5, 5.41) is 26.7. The van der Waals surface area contributed by atoms with Crippen molar-refractivity contribution in [2.24, 2.45) is 0 Å². The second-order valence-corrected chi connectivity index (χ2v) is 3.04. The molecule has 1 rings (SSSR count). The van der Waals surface area contributed by atoms with Crippen LogP contribution in [0.25, 0.3) is 0 Å². The Morgan fingerprint density at radius 2 is 2.07 bits per heavy atom. The van der Waals surface area contributed by atoms with E-state index in [1.165, 1.54) is 18.2 Å². The van der Waals surface area contributed by atoms with Gasteiger partial charge in [-0.2, -0.15) is 5.26 Å². The highest BCUT2D eigenvalue weighted by Crippen LogP contribution is 2.21. The third-order valence-electron chi connectivity index (χ3n) is 1.90. The maximum absolute atomic E-state index is 13.1. The van der Waals surface area contributed by atoms with E-state index < -0.39 is 18.0 Å². The molecule has 0 saturated carbocycles. The van der Waals surface area contributed by atoms with Gasteiger partial charge >= 0.3 is 0 Å². The first-order chi connectivity index (χ1) is 6.56. The minimum absolute atomic E-state index is 0.0564. The molecular formula is C10H10FNO2. The third kappa shape index (κ3) is 2.08. The molecule has 0 fully saturated rings. The lowest BCUT2D eigenvalue weighted by Gasteiger charge is -2.13. The molecule has 14 heavy (non-hydrogen) atoms. The molecule has 1 aromatic rings. The molecule has 2 N–H and O–H groups in total. The highest BCUT2D eigenvalue weighted by Gasteiger charge is 2.20. The number of halogens is 1. The molecule has 2 atom stereocenters. The lowest BCUT2D eigenvalue weighted by atomic mass is 10.0. The number of nitriles is 1. The molecule has 3 nitrogen and oxygen atoms in total. The molecule has 0 aliphatic carbocycles. The van der Waals surface area contributed by atoms with Crippen LogP contribution in [0.4, 0.5) is 4.39 Å². The van der Waals surface area contributed by atoms with Crippen molar-refractivity contribution < 1.29 is 14.6 Å². The van der Waals surface area contributed by atoms with Crippen molar-refractivity contribution >= 4 is 0 Å². The number of hydrogen-bond donors (Lipinski definition) is 2. The van der Waals surface area contributed by atoms with Crippen LogP contribution < -0.4 is 0 Å². The Hall–Kier alpha value is -1.44. The molecule has 2 unspecified atom stereocenters. The second-order valence-electron chi connectivity index (χ2n) is 3.04. The highest BCUT2D eigenvalue weighted by molar-refractivity contribution is 5.27. The molecule has 0 aliphatic rings. The Morgan fingerprint density at radius 3 is 2.64 bits per heavy atom. The number of benzene rings is 1. The van der Waals surface area contributed by atoms with Crippen LogP contribution in [0.1, 0.15) is 17.2 Å². The summed E-state index contributed by atoms with van der Waals surface area (Å²) >= 11 is 0. The zero-order chi connectivity index (χ0) is 10.7. The van der Waals surface area contributed by atoms with E-state index in [1.54, 1.807) is 13.0 Å². The minimum Gasteiger partial charge on any atom is -0.384 e. The van der Waals surface area contributed by atoms with Gasteiger partial charge in [0.15, 0.2) is 6.10 Å². The van der Waals surface area contributed by atoms with E-state index >= 15 is 0 Å². The Kier molecular flexibility index (Phi) is 3.18. The number of aliphatic hydroxyl groups is 2. The van der Waals surface area contributed by atoms with Gasteiger partial charge < -0.3 is 10.2 Å². The number of nitrogens with zero attached hydrogens (tertiary/aromatic N) is 1. The summed E-state index contributed by atoms with van der Waals surface area (Å²) in [4.78, 5) is 0. The van der Waals surface area contributed by atoms with Crippen LogP contribution in [0.15, 0.2) is 18.2 Å². The van der Waals surface area contributed by atoms with Gasteiger partial charge in [-0.05, 0) is 13.0 Å². The van der Waals surface area contributed by atoms with Gasteiger partial charge in [-0.3, -0.25) is 0 Å². The molecule has 0 aromatic heterocycles. The topological polar surface area (TPSA) is 64.2 Å². The summed E-state index contributed by atoms with van der Waals surface area (Å²) in [6.45, 7) is 1.73. The zero-order valence-electron chi connectivity index (χ0n) is 7.61. The molecular weight excluding hydrogens is 185 g/mol. The van der Waals surface area contributed by atoms with Gasteiger partial charge in [0.05, 0.1) is 6.07 Å². The Balaban J connectivity index is 3.07. The maximum atomic E-state index is 13.1. The minimum atomic E-state index is -1.61. The molecule has 0 heterocycles. The van der Waals surface area contributed by atoms with Crippen molar-refractivity contribution in [1.82, 2.24) is 0 Å². The fourth-order valence-corrected chi connectivity index (χ4v) is 1.13. The molecule has 1 aromatic carbocycles. The number of rotatable bonds is 2. The van der Waals surface area contributed by atoms with Gasteiger partial charge in [0.25, 0.3) is 0 Å². The quantitative estimate of drug-likeness (QED) is 0.693. The van der Waals surface area contributed by atoms with Crippen molar-refractivity contribution in [3.63, 3.8) is 0 Å². The normalized spacial score (nSPS) is 14.5. The molecule has 0 aliphatic heterocycles. The van der Waals surface area contributed by atoms with Gasteiger partial charge in [0.1, 0.15) is 11.9 Å². The molecule has 0 spiro atoms. The van der Waals surface area contributed by atoms with E-state index in [1.807, 2.05) is 0 Å². The van der Waals surface area contributed by atoms with Crippen LogP contribution in [0, 0.1) is 24.1 Å². The van der Waals surface area contributed by atoms with Crippen molar-refractivity contribution in [1.29, 1.82) is 5.26 Å². The van der Waals surface area contributed by atoms with Gasteiger partial charge in [0, 0.05) is 5.56 Å². The summed E-state index contributed by atoms with van der Waals surface area (Å²) in [6, 6.07) is 5.59. The fraction of sp³-hybridized carbons (Fsp3) is 0.300. The summed E-state index contributed by atoms with van der Waals surface area (Å²) < 4.78 is 13.1. The van der Waals surface area contributed by atoms with Crippen LogP contribution in [0.2, 0.25) is 0 Å². The SMILES string of the molecule is Cc1ccc(F)c(C(O)C(O)C#N)c1. The van der Waals surface area contributed by atoms with Crippen LogP contribution in [-0.2, 0) is 0 Å². The monoisotopic (exact) mass is 195 g/mol. The van der Waals surface area contributed by atoms with E-state index in [4.69, 9.17) is 10.4 Å².